The Morgan fingerprint density at radius 2 is 1.57 bits per heavy atom. The summed E-state index contributed by atoms with van der Waals surface area (Å²) in [5.41, 5.74) is 24.7. The third kappa shape index (κ3) is 8.48. The maximum Gasteiger partial charge on any atom is 0.315 e. The Hall–Kier alpha value is -1.43. The van der Waals surface area contributed by atoms with Crippen molar-refractivity contribution < 1.29 is 54.1 Å². The number of nitrogens with one attached hydrogen (secondary N) is 3. The zero-order valence-corrected chi connectivity index (χ0v) is 26.9. The molecule has 17 atom stereocenters. The van der Waals surface area contributed by atoms with Crippen LogP contribution < -0.4 is 38.9 Å². The summed E-state index contributed by atoms with van der Waals surface area (Å²) < 4.78 is 23.4. The van der Waals surface area contributed by atoms with Gasteiger partial charge in [-0.3, -0.25) is 4.79 Å². The van der Waals surface area contributed by atoms with E-state index in [1.165, 1.54) is 0 Å². The van der Waals surface area contributed by atoms with Gasteiger partial charge in [0.15, 0.2) is 12.6 Å². The summed E-state index contributed by atoms with van der Waals surface area (Å²) in [5.74, 6) is 0.689. The van der Waals surface area contributed by atoms with Crippen molar-refractivity contribution in [3.63, 3.8) is 0 Å². The second-order valence-electron chi connectivity index (χ2n) is 13.2. The first-order valence-electron chi connectivity index (χ1n) is 16.3. The number of aliphatic hydroxyl groups is 5. The number of hydrogen-bond acceptors (Lipinski definition) is 16. The number of carbonyl (C=O) groups excluding carboxylic acids is 2. The molecule has 4 heterocycles. The Morgan fingerprint density at radius 1 is 0.894 bits per heavy atom. The quantitative estimate of drug-likeness (QED) is 0.0670. The fourth-order valence-corrected chi connectivity index (χ4v) is 8.52. The topological polar surface area (TPSA) is 312 Å². The molecule has 0 aromatic carbocycles. The van der Waals surface area contributed by atoms with E-state index in [2.05, 4.69) is 16.0 Å². The third-order valence-corrected chi connectivity index (χ3v) is 11.3. The van der Waals surface area contributed by atoms with Crippen LogP contribution in [0.4, 0.5) is 4.79 Å². The highest BCUT2D eigenvalue weighted by Gasteiger charge is 2.50. The number of unbranched alkanes of at least 4 members (excludes halogenated alkanes) is 1. The number of thioether (sulfide) groups is 1. The van der Waals surface area contributed by atoms with Crippen LogP contribution in [-0.2, 0) is 23.7 Å². The van der Waals surface area contributed by atoms with Gasteiger partial charge in [0.25, 0.3) is 0 Å². The van der Waals surface area contributed by atoms with Gasteiger partial charge in [-0.1, -0.05) is 6.42 Å². The van der Waals surface area contributed by atoms with Gasteiger partial charge in [0.1, 0.15) is 42.7 Å². The number of fused-ring (bicyclic) bond motifs is 1. The lowest BCUT2D eigenvalue weighted by Crippen LogP contribution is -2.68. The van der Waals surface area contributed by atoms with E-state index in [9.17, 15) is 35.1 Å². The lowest BCUT2D eigenvalue weighted by atomic mass is 9.84. The number of carbonyl (C=O) groups is 2. The number of ether oxygens (including phenoxy) is 4. The Kier molecular flexibility index (Phi) is 12.6. The Balaban J connectivity index is 1.09. The molecule has 4 aliphatic heterocycles. The molecule has 3 amide bonds. The molecule has 0 unspecified atom stereocenters. The van der Waals surface area contributed by atoms with Crippen LogP contribution in [0.15, 0.2) is 0 Å². The average molecular weight is 694 g/mol. The first-order chi connectivity index (χ1) is 22.4. The Labute approximate surface area is 276 Å². The van der Waals surface area contributed by atoms with Crippen LogP contribution >= 0.6 is 11.8 Å². The van der Waals surface area contributed by atoms with E-state index >= 15 is 0 Å². The van der Waals surface area contributed by atoms with Crippen molar-refractivity contribution in [2.75, 3.05) is 18.9 Å². The zero-order valence-electron chi connectivity index (χ0n) is 26.1. The van der Waals surface area contributed by atoms with Gasteiger partial charge in [0, 0.05) is 36.1 Å². The minimum Gasteiger partial charge on any atom is -0.394 e. The molecule has 0 aromatic rings. The van der Waals surface area contributed by atoms with Gasteiger partial charge in [-0.25, -0.2) is 4.79 Å². The molecule has 4 saturated heterocycles. The molecule has 1 saturated carbocycles. The van der Waals surface area contributed by atoms with Gasteiger partial charge >= 0.3 is 6.03 Å². The third-order valence-electron chi connectivity index (χ3n) is 9.76. The van der Waals surface area contributed by atoms with E-state index in [1.807, 2.05) is 11.8 Å². The number of urea groups is 1. The number of nitrogens with two attached hydrogens (primary N) is 4. The summed E-state index contributed by atoms with van der Waals surface area (Å²) in [7, 11) is 0. The molecule has 1 aliphatic carbocycles. The van der Waals surface area contributed by atoms with E-state index in [4.69, 9.17) is 41.9 Å². The highest BCUT2D eigenvalue weighted by Crippen LogP contribution is 2.34. The number of aliphatic hydroxyl groups excluding tert-OH is 5. The lowest BCUT2D eigenvalue weighted by Gasteiger charge is -2.47. The Bertz CT molecular complexity index is 1070. The van der Waals surface area contributed by atoms with Crippen LogP contribution in [0.25, 0.3) is 0 Å². The second-order valence-corrected chi connectivity index (χ2v) is 14.5. The summed E-state index contributed by atoms with van der Waals surface area (Å²) in [6, 6.07) is -3.37. The summed E-state index contributed by atoms with van der Waals surface area (Å²) in [5, 5.41) is 61.1. The number of hydrogen-bond donors (Lipinski definition) is 12. The average Bonchev–Trinajstić information content (AvgIpc) is 3.58. The molecule has 0 radical (unpaired) electrons. The summed E-state index contributed by atoms with van der Waals surface area (Å²) in [4.78, 5) is 24.1. The number of rotatable bonds is 12. The fourth-order valence-electron chi connectivity index (χ4n) is 6.98. The van der Waals surface area contributed by atoms with Gasteiger partial charge in [-0.2, -0.15) is 11.8 Å². The minimum absolute atomic E-state index is 0.0113. The first-order valence-corrected chi connectivity index (χ1v) is 17.3. The molecule has 5 rings (SSSR count). The van der Waals surface area contributed by atoms with E-state index in [-0.39, 0.29) is 43.4 Å². The standard InChI is InChI=1S/C28H51N7O11S/c29-10-5-11(30)25(46-27-22(40)19(32)21(39)16(8-36)44-27)23(41)24(10)45-26-12(31)6-14(37)15(43-26)7-33-18(38)4-2-1-3-17-20-13(9-47-17)34-28(42)35-20/h10-17,19-27,36-37,39-41H,1-9,29-32H2,(H,33,38)(H2,34,35,42)/t10-,11-,12+,13+,14+,15-,16-,17+,19+,20+,21-,22+,23-,24-,25+,26-,27-/m1/s1. The molecule has 18 nitrogen and oxygen atoms in total. The molecule has 5 fully saturated rings. The van der Waals surface area contributed by atoms with E-state index in [0.29, 0.717) is 18.1 Å². The van der Waals surface area contributed by atoms with Crippen molar-refractivity contribution in [1.29, 1.82) is 0 Å². The molecule has 0 spiro atoms. The van der Waals surface area contributed by atoms with Crippen molar-refractivity contribution in [3.05, 3.63) is 0 Å². The van der Waals surface area contributed by atoms with E-state index in [1.54, 1.807) is 0 Å². The molecule has 0 bridgehead atoms. The monoisotopic (exact) mass is 693 g/mol. The van der Waals surface area contributed by atoms with Gasteiger partial charge in [0.2, 0.25) is 5.91 Å². The van der Waals surface area contributed by atoms with Crippen molar-refractivity contribution in [3.8, 4) is 0 Å². The van der Waals surface area contributed by atoms with Gasteiger partial charge in [0.05, 0.1) is 36.9 Å². The predicted octanol–water partition coefficient (Wildman–Crippen LogP) is -5.41. The lowest BCUT2D eigenvalue weighted by molar-refractivity contribution is -0.315. The second kappa shape index (κ2) is 16.1. The van der Waals surface area contributed by atoms with Crippen molar-refractivity contribution >= 4 is 23.7 Å². The molecule has 0 aromatic heterocycles. The maximum absolute atomic E-state index is 12.6. The molecule has 47 heavy (non-hydrogen) atoms. The van der Waals surface area contributed by atoms with Crippen LogP contribution in [0.1, 0.15) is 38.5 Å². The minimum atomic E-state index is -1.48. The SMILES string of the molecule is N[C@@H]1[C@H](O)[C@@H](O[C@@H]2[C@H](O)[C@H](O[C@H]3O[C@H](CNC(=O)CCCC[C@@H]4SC[C@@H]5NC(=O)N[C@@H]54)[C@@H](O)C[C@@H]3N)[C@H](N)C[C@H]2N)O[C@H](CO)[C@H]1O. The highest BCUT2D eigenvalue weighted by atomic mass is 32.2. The fraction of sp³-hybridized carbons (Fsp3) is 0.929. The predicted molar refractivity (Wildman–Crippen MR) is 166 cm³/mol. The zero-order chi connectivity index (χ0) is 34.0. The van der Waals surface area contributed by atoms with E-state index in [0.717, 1.165) is 18.6 Å². The van der Waals surface area contributed by atoms with Crippen molar-refractivity contribution in [2.45, 2.75) is 141 Å². The maximum atomic E-state index is 12.6. The largest absolute Gasteiger partial charge is 0.394 e. The van der Waals surface area contributed by atoms with Crippen LogP contribution in [0.3, 0.4) is 0 Å². The molecule has 270 valence electrons. The highest BCUT2D eigenvalue weighted by molar-refractivity contribution is 8.00. The van der Waals surface area contributed by atoms with Crippen LogP contribution in [0.5, 0.6) is 0 Å². The van der Waals surface area contributed by atoms with Crippen LogP contribution in [0, 0.1) is 0 Å². The smallest absolute Gasteiger partial charge is 0.315 e. The Morgan fingerprint density at radius 3 is 2.28 bits per heavy atom. The molecule has 19 heteroatoms. The summed E-state index contributed by atoms with van der Waals surface area (Å²) in [6.07, 6.45) is -9.02. The summed E-state index contributed by atoms with van der Waals surface area (Å²) in [6.45, 7) is -0.570. The van der Waals surface area contributed by atoms with Crippen molar-refractivity contribution in [2.24, 2.45) is 22.9 Å². The molecular formula is C28H51N7O11S. The first kappa shape index (κ1) is 36.8. The van der Waals surface area contributed by atoms with Crippen LogP contribution in [-0.4, -0.2) is 159 Å². The summed E-state index contributed by atoms with van der Waals surface area (Å²) >= 11 is 1.83. The normalized spacial score (nSPS) is 46.8. The number of amides is 3. The van der Waals surface area contributed by atoms with E-state index < -0.39 is 92.2 Å². The van der Waals surface area contributed by atoms with Crippen molar-refractivity contribution in [1.82, 2.24) is 16.0 Å². The van der Waals surface area contributed by atoms with Crippen LogP contribution in [0.2, 0.25) is 0 Å². The molecule has 16 N–H and O–H groups in total. The van der Waals surface area contributed by atoms with Gasteiger partial charge < -0.3 is 83.4 Å². The molecular weight excluding hydrogens is 642 g/mol. The van der Waals surface area contributed by atoms with Gasteiger partial charge in [-0.05, 0) is 25.7 Å². The molecule has 5 aliphatic rings. The van der Waals surface area contributed by atoms with Gasteiger partial charge in [-0.15, -0.1) is 0 Å².